The molecule has 0 amide bonds. The van der Waals surface area contributed by atoms with E-state index in [1.165, 1.54) is 0 Å². The van der Waals surface area contributed by atoms with Crippen molar-refractivity contribution in [2.24, 2.45) is 0 Å². The van der Waals surface area contributed by atoms with Crippen molar-refractivity contribution in [3.8, 4) is 44.5 Å². The van der Waals surface area contributed by atoms with Gasteiger partial charge in [-0.2, -0.15) is 0 Å². The summed E-state index contributed by atoms with van der Waals surface area (Å²) in [6, 6.07) is -49.8. The SMILES string of the molecule is [2H]c1cc2c(c([2H])c1[2H])-c1c([2H])c([2H])c(N(c3c([2H])c([2H])c(-c4c([2H])c([2H])c5c([2H])c([2H])c([2H])c([2H])c5c4-c4c([2H])c([2H])c(-c5c([2H])c([2H])c([2H])c([2H])c5[2H])c([2H])c4[2H])c([2H])c3[2H])c3c([2H])c([2H])c([2H])c4c3oc3c([2H])c([2H])c([2H])c([2H])c34)c([2H])c1C2(c1c([2H])c([2H])c([2H])c([2H])c1[2H])c1c([2H])c([2H])c([2H])c([2H])c1[2H]. The topological polar surface area (TPSA) is 16.4 Å². The van der Waals surface area contributed by atoms with Gasteiger partial charge in [-0.05, 0) is 114 Å². The highest BCUT2D eigenvalue weighted by Gasteiger charge is 2.46. The number of benzene rings is 11. The number of hydrogen-bond donors (Lipinski definition) is 0. The fraction of sp³-hybridized carbons (Fsp3) is 0.0154. The van der Waals surface area contributed by atoms with Crippen LogP contribution in [0.3, 0.4) is 0 Å². The third-order valence-corrected chi connectivity index (χ3v) is 10.9. The maximum atomic E-state index is 10.9. The highest BCUT2D eigenvalue weighted by molar-refractivity contribution is 6.10. The minimum atomic E-state index is -3.43. The van der Waals surface area contributed by atoms with Crippen LogP contribution in [0.2, 0.25) is 0 Å². The highest BCUT2D eigenvalue weighted by Crippen LogP contribution is 2.57. The second-order valence-corrected chi connectivity index (χ2v) is 14.3. The Hall–Kier alpha value is -8.72. The molecule has 0 saturated carbocycles. The van der Waals surface area contributed by atoms with E-state index in [1.807, 2.05) is 0 Å². The van der Waals surface area contributed by atoms with Gasteiger partial charge in [0.25, 0.3) is 0 Å². The molecule has 0 saturated heterocycles. The molecule has 1 aliphatic rings. The Kier molecular flexibility index (Phi) is 3.57. The van der Waals surface area contributed by atoms with E-state index in [4.69, 9.17) is 31.8 Å². The van der Waals surface area contributed by atoms with Crippen LogP contribution in [0.15, 0.2) is 264 Å². The van der Waals surface area contributed by atoms with E-state index in [0.717, 1.165) is 0 Å². The van der Waals surface area contributed by atoms with Gasteiger partial charge in [-0.15, -0.1) is 0 Å². The molecule has 1 heterocycles. The molecule has 314 valence electrons. The van der Waals surface area contributed by atoms with Crippen LogP contribution in [0, 0.1) is 0 Å². The second-order valence-electron chi connectivity index (χ2n) is 14.3. The molecular weight excluding hydrogens is 811 g/mol. The molecule has 0 radical (unpaired) electrons. The van der Waals surface area contributed by atoms with Crippen LogP contribution in [0.25, 0.3) is 77.2 Å². The van der Waals surface area contributed by atoms with Crippen LogP contribution < -0.4 is 4.90 Å². The van der Waals surface area contributed by atoms with Crippen molar-refractivity contribution >= 4 is 49.8 Å². The predicted molar refractivity (Wildman–Crippen MR) is 280 cm³/mol. The second kappa shape index (κ2) is 15.8. The maximum absolute atomic E-state index is 10.9. The third-order valence-electron chi connectivity index (χ3n) is 10.9. The molecule has 0 bridgehead atoms. The monoisotopic (exact) mass is 896 g/mol. The van der Waals surface area contributed by atoms with Crippen LogP contribution in [-0.4, -0.2) is 0 Å². The molecule has 0 spiro atoms. The molecule has 0 aliphatic heterocycles. The Morgan fingerprint density at radius 1 is 0.373 bits per heavy atom. The van der Waals surface area contributed by atoms with Gasteiger partial charge in [0.1, 0.15) is 5.58 Å². The average molecular weight is 896 g/mol. The van der Waals surface area contributed by atoms with Gasteiger partial charge < -0.3 is 9.32 Å². The molecule has 0 atom stereocenters. The van der Waals surface area contributed by atoms with E-state index in [-0.39, 0.29) is 4.90 Å². The van der Waals surface area contributed by atoms with Gasteiger partial charge in [-0.25, -0.2) is 0 Å². The molecule has 11 aromatic carbocycles. The molecule has 1 aromatic heterocycles. The van der Waals surface area contributed by atoms with Crippen LogP contribution in [0.5, 0.6) is 0 Å². The van der Waals surface area contributed by atoms with Crippen molar-refractivity contribution in [2.75, 3.05) is 4.90 Å². The first kappa shape index (κ1) is 15.2. The number of anilines is 3. The number of rotatable bonds is 8. The lowest BCUT2D eigenvalue weighted by molar-refractivity contribution is 0.669. The summed E-state index contributed by atoms with van der Waals surface area (Å²) in [4.78, 5) is 0.231. The number of para-hydroxylation sites is 2. The largest absolute Gasteiger partial charge is 0.454 e. The standard InChI is InChI=1S/C65H43NO/c1-4-17-44(18-5-1)45-31-33-48(34-32-45)63-53-24-11-10-19-46(53)37-41-54(63)47-35-38-51(39-36-47)66(61-29-16-27-58-57-26-13-15-30-62(57)67-64(58)61)52-40-42-56-55-25-12-14-28-59(55)65(60(56)43-52,49-20-6-2-7-21-49)50-22-8-3-9-23-50/h1-43H/i1D,2D,3D,4D,5D,6D,7D,8D,9D,10D,11D,12D,13D,14D,15D,16D,17D,18D,19D,20D,21D,22D,23D,24D,25D,26D,27D,29D,30D,31D,32D,33D,34D,35D,36D,37D,38D,39D,40D,41D,42D,43D. The zero-order valence-corrected chi connectivity index (χ0v) is 33.4. The van der Waals surface area contributed by atoms with Gasteiger partial charge in [0.05, 0.1) is 68.7 Å². The molecule has 0 fully saturated rings. The molecule has 13 rings (SSSR count). The quantitative estimate of drug-likeness (QED) is 0.151. The highest BCUT2D eigenvalue weighted by atomic mass is 16.3. The minimum Gasteiger partial charge on any atom is -0.454 e. The summed E-state index contributed by atoms with van der Waals surface area (Å²) in [5.41, 5.74) is -22.0. The van der Waals surface area contributed by atoms with Crippen LogP contribution in [-0.2, 0) is 5.41 Å². The number of fused-ring (bicyclic) bond motifs is 7. The maximum Gasteiger partial charge on any atom is 0.159 e. The summed E-state index contributed by atoms with van der Waals surface area (Å²) in [6.45, 7) is 0. The molecule has 0 N–H and O–H groups in total. The van der Waals surface area contributed by atoms with Crippen LogP contribution in [0.4, 0.5) is 17.1 Å². The molecule has 2 heteroatoms. The Bertz CT molecular complexity index is 6120. The van der Waals surface area contributed by atoms with Crippen molar-refractivity contribution in [1.29, 1.82) is 0 Å². The fourth-order valence-corrected chi connectivity index (χ4v) is 8.10. The zero-order valence-electron chi connectivity index (χ0n) is 75.4. The normalized spacial score (nSPS) is 21.4. The van der Waals surface area contributed by atoms with Crippen LogP contribution in [0.1, 0.15) is 79.8 Å². The molecule has 0 unspecified atom stereocenters. The lowest BCUT2D eigenvalue weighted by Crippen LogP contribution is -2.28. The Morgan fingerprint density at radius 3 is 1.70 bits per heavy atom. The Morgan fingerprint density at radius 2 is 0.940 bits per heavy atom. The third kappa shape index (κ3) is 6.18. The summed E-state index contributed by atoms with van der Waals surface area (Å²) in [7, 11) is 0. The van der Waals surface area contributed by atoms with Crippen LogP contribution >= 0.6 is 0 Å². The predicted octanol–water partition coefficient (Wildman–Crippen LogP) is 17.6. The molecule has 2 nitrogen and oxygen atoms in total. The number of nitrogens with zero attached hydrogens (tertiary/aromatic N) is 1. The lowest BCUT2D eigenvalue weighted by Gasteiger charge is -2.35. The van der Waals surface area contributed by atoms with Gasteiger partial charge in [-0.3, -0.25) is 0 Å². The smallest absolute Gasteiger partial charge is 0.159 e. The number of hydrogen-bond acceptors (Lipinski definition) is 2. The molecule has 67 heavy (non-hydrogen) atoms. The van der Waals surface area contributed by atoms with E-state index in [9.17, 15) is 30.2 Å². The van der Waals surface area contributed by atoms with Crippen molar-refractivity contribution < 1.29 is 62.0 Å². The fourth-order valence-electron chi connectivity index (χ4n) is 8.10. The summed E-state index contributed by atoms with van der Waals surface area (Å²) < 4.78 is 399. The van der Waals surface area contributed by atoms with E-state index in [2.05, 4.69) is 0 Å². The lowest BCUT2D eigenvalue weighted by atomic mass is 9.67. The first-order chi connectivity index (χ1) is 50.7. The van der Waals surface area contributed by atoms with Gasteiger partial charge >= 0.3 is 0 Å². The first-order valence-electron chi connectivity index (χ1n) is 40.7. The first-order valence-corrected chi connectivity index (χ1v) is 19.7. The van der Waals surface area contributed by atoms with Crippen molar-refractivity contribution in [1.82, 2.24) is 0 Å². The molecule has 1 aliphatic carbocycles. The minimum absolute atomic E-state index is 0.231. The van der Waals surface area contributed by atoms with E-state index < -0.39 is 376 Å². The van der Waals surface area contributed by atoms with Gasteiger partial charge in [-0.1, -0.05) is 224 Å². The number of furan rings is 1. The van der Waals surface area contributed by atoms with Crippen molar-refractivity contribution in [2.45, 2.75) is 5.41 Å². The Balaban J connectivity index is 1.28. The van der Waals surface area contributed by atoms with Crippen molar-refractivity contribution in [3.63, 3.8) is 0 Å². The summed E-state index contributed by atoms with van der Waals surface area (Å²) in [5.74, 6) is 0. The van der Waals surface area contributed by atoms with Crippen molar-refractivity contribution in [3.05, 3.63) is 282 Å². The summed E-state index contributed by atoms with van der Waals surface area (Å²) in [6.07, 6.45) is 0. The Labute approximate surface area is 449 Å². The van der Waals surface area contributed by atoms with E-state index in [0.29, 0.717) is 6.07 Å². The van der Waals surface area contributed by atoms with Gasteiger partial charge in [0, 0.05) is 22.1 Å². The summed E-state index contributed by atoms with van der Waals surface area (Å²) in [5, 5.41) is -3.38. The molecular formula is C65H43NO. The average Bonchev–Trinajstić information content (AvgIpc) is 1.56. The molecule has 12 aromatic rings. The van der Waals surface area contributed by atoms with E-state index >= 15 is 0 Å². The van der Waals surface area contributed by atoms with Gasteiger partial charge in [0.15, 0.2) is 5.58 Å². The van der Waals surface area contributed by atoms with Gasteiger partial charge in [0.2, 0.25) is 0 Å². The zero-order chi connectivity index (χ0) is 80.9. The summed E-state index contributed by atoms with van der Waals surface area (Å²) >= 11 is 0. The van der Waals surface area contributed by atoms with E-state index in [1.54, 1.807) is 0 Å².